The Morgan fingerprint density at radius 2 is 0.597 bits per heavy atom. The molecule has 0 aromatic carbocycles. The Labute approximate surface area is 412 Å². The second-order valence-corrected chi connectivity index (χ2v) is 17.4. The first-order chi connectivity index (χ1) is 33.0. The Bertz CT molecular complexity index is 1440. The molecule has 0 bridgehead atoms. The molecule has 6 heteroatoms. The number of carbonyl (C=O) groups excluding carboxylic acids is 3. The third kappa shape index (κ3) is 52.6. The maximum atomic E-state index is 12.8. The fourth-order valence-electron chi connectivity index (χ4n) is 6.88. The van der Waals surface area contributed by atoms with Crippen LogP contribution in [0, 0.1) is 0 Å². The van der Waals surface area contributed by atoms with Crippen LogP contribution in [0.3, 0.4) is 0 Å². The summed E-state index contributed by atoms with van der Waals surface area (Å²) in [5, 5.41) is 0. The van der Waals surface area contributed by atoms with Crippen molar-refractivity contribution >= 4 is 17.9 Å². The molecule has 378 valence electrons. The number of esters is 3. The lowest BCUT2D eigenvalue weighted by molar-refractivity contribution is -0.167. The van der Waals surface area contributed by atoms with Crippen molar-refractivity contribution in [3.8, 4) is 0 Å². The van der Waals surface area contributed by atoms with E-state index >= 15 is 0 Å². The number of allylic oxidation sites excluding steroid dienone is 20. The average molecular weight is 927 g/mol. The van der Waals surface area contributed by atoms with E-state index in [-0.39, 0.29) is 44.0 Å². The zero-order valence-electron chi connectivity index (χ0n) is 43.1. The van der Waals surface area contributed by atoms with Crippen LogP contribution in [-0.4, -0.2) is 37.2 Å². The van der Waals surface area contributed by atoms with Crippen molar-refractivity contribution in [1.82, 2.24) is 0 Å². The molecule has 1 atom stereocenters. The van der Waals surface area contributed by atoms with Crippen molar-refractivity contribution in [2.45, 2.75) is 232 Å². The third-order valence-electron chi connectivity index (χ3n) is 10.9. The summed E-state index contributed by atoms with van der Waals surface area (Å²) < 4.78 is 16.7. The van der Waals surface area contributed by atoms with Gasteiger partial charge in [0.25, 0.3) is 0 Å². The Morgan fingerprint density at radius 1 is 0.313 bits per heavy atom. The molecule has 67 heavy (non-hydrogen) atoms. The predicted molar refractivity (Wildman–Crippen MR) is 288 cm³/mol. The monoisotopic (exact) mass is 927 g/mol. The highest BCUT2D eigenvalue weighted by Gasteiger charge is 2.19. The first kappa shape index (κ1) is 62.8. The van der Waals surface area contributed by atoms with Gasteiger partial charge in [0.2, 0.25) is 0 Å². The van der Waals surface area contributed by atoms with Crippen molar-refractivity contribution in [3.05, 3.63) is 122 Å². The fraction of sp³-hybridized carbons (Fsp3) is 0.623. The highest BCUT2D eigenvalue weighted by molar-refractivity contribution is 5.71. The first-order valence-electron chi connectivity index (χ1n) is 27.0. The lowest BCUT2D eigenvalue weighted by Gasteiger charge is -2.18. The molecule has 0 aromatic heterocycles. The van der Waals surface area contributed by atoms with Gasteiger partial charge in [0.15, 0.2) is 6.10 Å². The van der Waals surface area contributed by atoms with E-state index in [9.17, 15) is 14.4 Å². The summed E-state index contributed by atoms with van der Waals surface area (Å²) in [7, 11) is 0. The van der Waals surface area contributed by atoms with E-state index < -0.39 is 6.10 Å². The van der Waals surface area contributed by atoms with Crippen LogP contribution in [0.25, 0.3) is 0 Å². The molecule has 0 amide bonds. The van der Waals surface area contributed by atoms with E-state index in [1.807, 2.05) is 0 Å². The molecule has 0 heterocycles. The Morgan fingerprint density at radius 3 is 1.01 bits per heavy atom. The maximum absolute atomic E-state index is 12.8. The van der Waals surface area contributed by atoms with E-state index in [4.69, 9.17) is 14.2 Å². The van der Waals surface area contributed by atoms with Crippen LogP contribution >= 0.6 is 0 Å². The molecular weight excluding hydrogens is 829 g/mol. The summed E-state index contributed by atoms with van der Waals surface area (Å²) in [6.45, 7) is 6.38. The molecule has 0 saturated heterocycles. The average Bonchev–Trinajstić information content (AvgIpc) is 3.33. The highest BCUT2D eigenvalue weighted by atomic mass is 16.6. The quantitative estimate of drug-likeness (QED) is 0.0262. The van der Waals surface area contributed by atoms with Crippen molar-refractivity contribution in [1.29, 1.82) is 0 Å². The van der Waals surface area contributed by atoms with E-state index in [2.05, 4.69) is 142 Å². The minimum atomic E-state index is -0.836. The van der Waals surface area contributed by atoms with Crippen LogP contribution in [-0.2, 0) is 28.6 Å². The summed E-state index contributed by atoms with van der Waals surface area (Å²) in [4.78, 5) is 38.0. The number of rotatable bonds is 47. The largest absolute Gasteiger partial charge is 0.462 e. The molecule has 0 saturated carbocycles. The van der Waals surface area contributed by atoms with Gasteiger partial charge in [-0.1, -0.05) is 206 Å². The molecular formula is C61H98O6. The van der Waals surface area contributed by atoms with Crippen LogP contribution < -0.4 is 0 Å². The van der Waals surface area contributed by atoms with Gasteiger partial charge in [0, 0.05) is 19.3 Å². The van der Waals surface area contributed by atoms with E-state index in [1.165, 1.54) is 77.0 Å². The van der Waals surface area contributed by atoms with E-state index in [0.717, 1.165) is 96.3 Å². The number of ether oxygens (including phenoxy) is 3. The van der Waals surface area contributed by atoms with Crippen molar-refractivity contribution < 1.29 is 28.6 Å². The SMILES string of the molecule is CC/C=C\C/C=C\C/C=C\C/C=C\C/C=C\CCCC(=O)OC[C@@H](COC(=O)CCCCCCC/C=C\CCCCCCCC)OC(=O)CCC/C=C\C/C=C\C/C=C\C/C=C\CCCCC. The molecule has 0 N–H and O–H groups in total. The molecule has 0 spiro atoms. The Hall–Kier alpha value is -4.19. The molecule has 0 aliphatic heterocycles. The smallest absolute Gasteiger partial charge is 0.306 e. The van der Waals surface area contributed by atoms with Crippen LogP contribution in [0.2, 0.25) is 0 Å². The predicted octanol–water partition coefficient (Wildman–Crippen LogP) is 18.1. The fourth-order valence-corrected chi connectivity index (χ4v) is 6.88. The zero-order chi connectivity index (χ0) is 48.6. The van der Waals surface area contributed by atoms with Gasteiger partial charge in [-0.2, -0.15) is 0 Å². The highest BCUT2D eigenvalue weighted by Crippen LogP contribution is 2.12. The summed E-state index contributed by atoms with van der Waals surface area (Å²) in [6, 6.07) is 0. The molecule has 6 nitrogen and oxygen atoms in total. The second-order valence-electron chi connectivity index (χ2n) is 17.4. The molecule has 0 fully saturated rings. The van der Waals surface area contributed by atoms with Gasteiger partial charge in [-0.3, -0.25) is 14.4 Å². The minimum absolute atomic E-state index is 0.125. The first-order valence-corrected chi connectivity index (χ1v) is 27.0. The third-order valence-corrected chi connectivity index (χ3v) is 10.9. The summed E-state index contributed by atoms with van der Waals surface area (Å²) in [5.74, 6) is -1.06. The molecule has 0 rings (SSSR count). The molecule has 0 aliphatic carbocycles. The molecule has 0 unspecified atom stereocenters. The van der Waals surface area contributed by atoms with Gasteiger partial charge in [0.05, 0.1) is 0 Å². The van der Waals surface area contributed by atoms with Crippen molar-refractivity contribution in [3.63, 3.8) is 0 Å². The van der Waals surface area contributed by atoms with Crippen LogP contribution in [0.5, 0.6) is 0 Å². The normalized spacial score (nSPS) is 13.1. The Kier molecular flexibility index (Phi) is 51.0. The van der Waals surface area contributed by atoms with Crippen molar-refractivity contribution in [2.24, 2.45) is 0 Å². The zero-order valence-corrected chi connectivity index (χ0v) is 43.1. The van der Waals surface area contributed by atoms with E-state index in [0.29, 0.717) is 19.3 Å². The summed E-state index contributed by atoms with van der Waals surface area (Å²) >= 11 is 0. The lowest BCUT2D eigenvalue weighted by atomic mass is 10.1. The topological polar surface area (TPSA) is 78.9 Å². The summed E-state index contributed by atoms with van der Waals surface area (Å²) in [5.41, 5.74) is 0. The molecule has 0 radical (unpaired) electrons. The standard InChI is InChI=1S/C61H98O6/c1-4-7-10-13-16-19-22-25-28-30-33-36-39-42-45-48-51-54-60(63)66-57-58(56-65-59(62)53-50-47-44-41-38-35-32-27-24-21-18-15-12-9-6-3)67-61(64)55-52-49-46-43-40-37-34-31-29-26-23-20-17-14-11-8-5-2/h7,10,16-17,19-20,25-29,32-34,36-37,42-43,45-46,58H,4-6,8-9,11-15,18,21-24,30-31,35,38-41,44,47-57H2,1-3H3/b10-7-,19-16-,20-17-,28-25-,29-26-,32-27-,36-33-,37-34-,45-42-,46-43-/t58-/m1/s1. The molecule has 0 aromatic rings. The van der Waals surface area contributed by atoms with Crippen molar-refractivity contribution in [2.75, 3.05) is 13.2 Å². The van der Waals surface area contributed by atoms with Gasteiger partial charge >= 0.3 is 17.9 Å². The number of carbonyl (C=O) groups is 3. The second kappa shape index (κ2) is 54.4. The van der Waals surface area contributed by atoms with Crippen LogP contribution in [0.1, 0.15) is 226 Å². The lowest BCUT2D eigenvalue weighted by Crippen LogP contribution is -2.30. The minimum Gasteiger partial charge on any atom is -0.462 e. The maximum Gasteiger partial charge on any atom is 0.306 e. The summed E-state index contributed by atoms with van der Waals surface area (Å²) in [6.07, 6.45) is 74.8. The van der Waals surface area contributed by atoms with Gasteiger partial charge in [0.1, 0.15) is 13.2 Å². The number of unbranched alkanes of at least 4 members (excludes halogenated alkanes) is 16. The van der Waals surface area contributed by atoms with Crippen LogP contribution in [0.4, 0.5) is 0 Å². The number of hydrogen-bond donors (Lipinski definition) is 0. The van der Waals surface area contributed by atoms with Gasteiger partial charge in [-0.15, -0.1) is 0 Å². The Balaban J connectivity index is 4.60. The van der Waals surface area contributed by atoms with Gasteiger partial charge in [-0.05, 0) is 122 Å². The molecule has 0 aliphatic rings. The van der Waals surface area contributed by atoms with Gasteiger partial charge < -0.3 is 14.2 Å². The van der Waals surface area contributed by atoms with E-state index in [1.54, 1.807) is 0 Å². The number of hydrogen-bond acceptors (Lipinski definition) is 6. The van der Waals surface area contributed by atoms with Gasteiger partial charge in [-0.25, -0.2) is 0 Å². The van der Waals surface area contributed by atoms with Crippen LogP contribution in [0.15, 0.2) is 122 Å².